The third kappa shape index (κ3) is 3.42. The maximum Gasteiger partial charge on any atom is 0.327 e. The van der Waals surface area contributed by atoms with Crippen LogP contribution in [0.1, 0.15) is 50.9 Å². The topological polar surface area (TPSA) is 90.0 Å². The number of carboxylic acids is 1. The number of hydrogen-bond donors (Lipinski definition) is 2. The summed E-state index contributed by atoms with van der Waals surface area (Å²) in [5.41, 5.74) is -0.756. The summed E-state index contributed by atoms with van der Waals surface area (Å²) in [6.45, 7) is 9.02. The summed E-state index contributed by atoms with van der Waals surface area (Å²) < 4.78 is -0.657. The van der Waals surface area contributed by atoms with Gasteiger partial charge in [-0.1, -0.05) is 32.0 Å². The lowest BCUT2D eigenvalue weighted by Crippen LogP contribution is -2.85. The number of hydrogen-bond acceptors (Lipinski definition) is 5. The van der Waals surface area contributed by atoms with Gasteiger partial charge in [0.2, 0.25) is 5.66 Å². The Bertz CT molecular complexity index is 794. The molecule has 2 amide bonds. The van der Waals surface area contributed by atoms with E-state index in [0.29, 0.717) is 18.7 Å². The molecule has 7 nitrogen and oxygen atoms in total. The zero-order valence-corrected chi connectivity index (χ0v) is 18.2. The van der Waals surface area contributed by atoms with E-state index in [2.05, 4.69) is 5.32 Å². The fraction of sp³-hybridized carbons (Fsp3) is 0.571. The van der Waals surface area contributed by atoms with E-state index in [1.807, 2.05) is 38.7 Å². The van der Waals surface area contributed by atoms with Crippen LogP contribution in [0.3, 0.4) is 0 Å². The fourth-order valence-electron chi connectivity index (χ4n) is 4.37. The number of amides is 2. The van der Waals surface area contributed by atoms with Crippen LogP contribution in [0.15, 0.2) is 30.3 Å². The summed E-state index contributed by atoms with van der Waals surface area (Å²) in [5, 5.41) is 12.3. The van der Waals surface area contributed by atoms with Crippen molar-refractivity contribution in [1.82, 2.24) is 15.1 Å². The summed E-state index contributed by atoms with van der Waals surface area (Å²) in [6.07, 6.45) is 1.64. The number of aliphatic carboxylic acids is 1. The second-order valence-electron chi connectivity index (χ2n) is 8.10. The standard InChI is InChI=1S/C21H29N3O4S/c1-5-12-23(13-6-2)21(22-16(25)14-10-8-7-9-11-14)18(28)24-15(17(26)27)20(3,4)29-19(21)24/h7-11,15,19H,5-6,12-13H2,1-4H3,(H,22,25)(H,26,27)/t15-,19+,21+/m0/s1. The molecule has 0 aliphatic carbocycles. The number of carbonyl (C=O) groups excluding carboxylic acids is 2. The molecule has 0 radical (unpaired) electrons. The van der Waals surface area contributed by atoms with Crippen molar-refractivity contribution in [2.24, 2.45) is 0 Å². The lowest BCUT2D eigenvalue weighted by atomic mass is 9.89. The molecule has 0 bridgehead atoms. The van der Waals surface area contributed by atoms with E-state index in [1.165, 1.54) is 16.7 Å². The molecule has 0 unspecified atom stereocenters. The van der Waals surface area contributed by atoms with Crippen LogP contribution in [0.25, 0.3) is 0 Å². The van der Waals surface area contributed by atoms with Gasteiger partial charge in [0.05, 0.1) is 0 Å². The molecule has 29 heavy (non-hydrogen) atoms. The number of carboxylic acid groups (broad SMARTS) is 1. The number of nitrogens with zero attached hydrogens (tertiary/aromatic N) is 2. The Morgan fingerprint density at radius 2 is 1.76 bits per heavy atom. The maximum absolute atomic E-state index is 13.5. The molecule has 8 heteroatoms. The molecule has 2 fully saturated rings. The average Bonchev–Trinajstić information content (AvgIpc) is 2.95. The minimum atomic E-state index is -1.23. The van der Waals surface area contributed by atoms with Crippen molar-refractivity contribution >= 4 is 29.5 Å². The monoisotopic (exact) mass is 419 g/mol. The van der Waals surface area contributed by atoms with Gasteiger partial charge < -0.3 is 15.3 Å². The Kier molecular flexibility index (Phi) is 5.96. The second-order valence-corrected chi connectivity index (χ2v) is 9.83. The molecule has 2 heterocycles. The zero-order valence-electron chi connectivity index (χ0n) is 17.3. The Morgan fingerprint density at radius 3 is 2.28 bits per heavy atom. The van der Waals surface area contributed by atoms with Gasteiger partial charge >= 0.3 is 5.97 Å². The molecule has 0 spiro atoms. The smallest absolute Gasteiger partial charge is 0.327 e. The number of benzene rings is 1. The van der Waals surface area contributed by atoms with Crippen LogP contribution in [0.5, 0.6) is 0 Å². The molecule has 2 aliphatic rings. The van der Waals surface area contributed by atoms with Crippen molar-refractivity contribution in [3.63, 3.8) is 0 Å². The number of β-lactam (4-membered cyclic amide) rings is 1. The highest BCUT2D eigenvalue weighted by Gasteiger charge is 2.74. The molecule has 2 aliphatic heterocycles. The van der Waals surface area contributed by atoms with Crippen molar-refractivity contribution in [3.8, 4) is 0 Å². The van der Waals surface area contributed by atoms with Crippen molar-refractivity contribution in [2.75, 3.05) is 13.1 Å². The number of rotatable bonds is 8. The number of fused-ring (bicyclic) bond motifs is 1. The van der Waals surface area contributed by atoms with E-state index in [9.17, 15) is 19.5 Å². The highest BCUT2D eigenvalue weighted by atomic mass is 32.2. The molecule has 1 aromatic carbocycles. The van der Waals surface area contributed by atoms with E-state index in [0.717, 1.165) is 12.8 Å². The van der Waals surface area contributed by atoms with Gasteiger partial charge in [0.25, 0.3) is 11.8 Å². The Hall–Kier alpha value is -2.06. The van der Waals surface area contributed by atoms with Crippen molar-refractivity contribution < 1.29 is 19.5 Å². The van der Waals surface area contributed by atoms with Gasteiger partial charge in [-0.15, -0.1) is 11.8 Å². The summed E-state index contributed by atoms with van der Waals surface area (Å²) in [6, 6.07) is 7.88. The van der Waals surface area contributed by atoms with Gasteiger partial charge in [0.15, 0.2) is 0 Å². The summed E-state index contributed by atoms with van der Waals surface area (Å²) in [5.74, 6) is -1.67. The van der Waals surface area contributed by atoms with E-state index in [-0.39, 0.29) is 11.8 Å². The Balaban J connectivity index is 2.02. The molecule has 0 saturated carbocycles. The molecule has 2 N–H and O–H groups in total. The van der Waals surface area contributed by atoms with Crippen molar-refractivity contribution in [1.29, 1.82) is 0 Å². The lowest BCUT2D eigenvalue weighted by molar-refractivity contribution is -0.181. The van der Waals surface area contributed by atoms with E-state index < -0.39 is 27.8 Å². The first kappa shape index (κ1) is 21.6. The Morgan fingerprint density at radius 1 is 1.17 bits per heavy atom. The molecule has 158 valence electrons. The third-order valence-electron chi connectivity index (χ3n) is 5.58. The Labute approximate surface area is 175 Å². The predicted octanol–water partition coefficient (Wildman–Crippen LogP) is 2.38. The predicted molar refractivity (Wildman–Crippen MR) is 113 cm³/mol. The van der Waals surface area contributed by atoms with Gasteiger partial charge in [0.1, 0.15) is 11.4 Å². The van der Waals surface area contributed by atoms with Crippen LogP contribution in [-0.2, 0) is 9.59 Å². The van der Waals surface area contributed by atoms with Crippen LogP contribution < -0.4 is 5.32 Å². The van der Waals surface area contributed by atoms with Crippen LogP contribution in [0, 0.1) is 0 Å². The first-order chi connectivity index (χ1) is 13.7. The largest absolute Gasteiger partial charge is 0.480 e. The van der Waals surface area contributed by atoms with Crippen LogP contribution >= 0.6 is 11.8 Å². The number of thioether (sulfide) groups is 1. The van der Waals surface area contributed by atoms with E-state index in [1.54, 1.807) is 24.3 Å². The zero-order chi connectivity index (χ0) is 21.4. The number of carbonyl (C=O) groups is 3. The lowest BCUT2D eigenvalue weighted by Gasteiger charge is -2.57. The van der Waals surface area contributed by atoms with Crippen LogP contribution in [0.4, 0.5) is 0 Å². The van der Waals surface area contributed by atoms with E-state index >= 15 is 0 Å². The SMILES string of the molecule is CCCN(CCC)[C@]1(NC(=O)c2ccccc2)C(=O)N2[C@@H](C(=O)O)C(C)(C)S[C@@H]21. The maximum atomic E-state index is 13.5. The number of nitrogens with one attached hydrogen (secondary N) is 1. The van der Waals surface area contributed by atoms with Gasteiger partial charge in [-0.2, -0.15) is 0 Å². The quantitative estimate of drug-likeness (QED) is 0.497. The fourth-order valence-corrected chi connectivity index (χ4v) is 6.10. The molecule has 3 rings (SSSR count). The van der Waals surface area contributed by atoms with Gasteiger partial charge in [0, 0.05) is 23.4 Å². The first-order valence-electron chi connectivity index (χ1n) is 10.1. The highest BCUT2D eigenvalue weighted by Crippen LogP contribution is 2.55. The van der Waals surface area contributed by atoms with Gasteiger partial charge in [-0.05, 0) is 38.8 Å². The van der Waals surface area contributed by atoms with Crippen LogP contribution in [-0.4, -0.2) is 67.6 Å². The van der Waals surface area contributed by atoms with Crippen LogP contribution in [0.2, 0.25) is 0 Å². The van der Waals surface area contributed by atoms with Crippen molar-refractivity contribution in [2.45, 2.75) is 62.4 Å². The minimum absolute atomic E-state index is 0.326. The summed E-state index contributed by atoms with van der Waals surface area (Å²) in [7, 11) is 0. The van der Waals surface area contributed by atoms with E-state index in [4.69, 9.17) is 0 Å². The summed E-state index contributed by atoms with van der Waals surface area (Å²) in [4.78, 5) is 41.9. The highest BCUT2D eigenvalue weighted by molar-refractivity contribution is 8.01. The first-order valence-corrected chi connectivity index (χ1v) is 10.9. The molecule has 2 saturated heterocycles. The third-order valence-corrected chi connectivity index (χ3v) is 7.20. The van der Waals surface area contributed by atoms with Gasteiger partial charge in [-0.25, -0.2) is 4.79 Å². The normalized spacial score (nSPS) is 27.5. The molecule has 0 aromatic heterocycles. The van der Waals surface area contributed by atoms with Gasteiger partial charge in [-0.3, -0.25) is 14.5 Å². The molecule has 1 aromatic rings. The van der Waals surface area contributed by atoms with Crippen molar-refractivity contribution in [3.05, 3.63) is 35.9 Å². The summed E-state index contributed by atoms with van der Waals surface area (Å²) >= 11 is 1.45. The molecule has 3 atom stereocenters. The molecular formula is C21H29N3O4S. The second kappa shape index (κ2) is 7.99. The molecular weight excluding hydrogens is 390 g/mol. The average molecular weight is 420 g/mol. The minimum Gasteiger partial charge on any atom is -0.480 e.